The summed E-state index contributed by atoms with van der Waals surface area (Å²) in [7, 11) is 0. The van der Waals surface area contributed by atoms with Crippen molar-refractivity contribution in [3.05, 3.63) is 32.7 Å². The fourth-order valence-corrected chi connectivity index (χ4v) is 2.34. The minimum atomic E-state index is 0.539. The fraction of sp³-hybridized carbons (Fsp3) is 0.333. The van der Waals surface area contributed by atoms with Crippen molar-refractivity contribution < 1.29 is 0 Å². The molecule has 0 spiro atoms. The second-order valence-electron chi connectivity index (χ2n) is 2.72. The van der Waals surface area contributed by atoms with Crippen molar-refractivity contribution in [1.82, 2.24) is 0 Å². The first-order valence-electron chi connectivity index (χ1n) is 3.66. The Labute approximate surface area is 98.1 Å². The summed E-state index contributed by atoms with van der Waals surface area (Å²) in [6.45, 7) is 2.20. The van der Waals surface area contributed by atoms with Gasteiger partial charge in [-0.25, -0.2) is 0 Å². The molecule has 0 aliphatic rings. The first-order valence-corrected chi connectivity index (χ1v) is 6.36. The van der Waals surface area contributed by atoms with Gasteiger partial charge in [0.15, 0.2) is 0 Å². The van der Waals surface area contributed by atoms with Crippen LogP contribution < -0.4 is 0 Å². The predicted molar refractivity (Wildman–Crippen MR) is 64.1 cm³/mol. The van der Waals surface area contributed by atoms with E-state index in [9.17, 15) is 0 Å². The third-order valence-electron chi connectivity index (χ3n) is 1.72. The van der Waals surface area contributed by atoms with Gasteiger partial charge < -0.3 is 0 Å². The molecule has 3 heteroatoms. The Morgan fingerprint density at radius 3 is 2.58 bits per heavy atom. The van der Waals surface area contributed by atoms with Crippen LogP contribution in [0.2, 0.25) is 0 Å². The maximum Gasteiger partial charge on any atom is 0.0211 e. The van der Waals surface area contributed by atoms with Crippen molar-refractivity contribution in [2.45, 2.75) is 12.8 Å². The summed E-state index contributed by atoms with van der Waals surface area (Å²) < 4.78 is 2.31. The maximum atomic E-state index is 3.53. The Balaban J connectivity index is 3.04. The van der Waals surface area contributed by atoms with Crippen molar-refractivity contribution in [2.75, 3.05) is 5.33 Å². The van der Waals surface area contributed by atoms with E-state index in [0.29, 0.717) is 5.92 Å². The highest BCUT2D eigenvalue weighted by Crippen LogP contribution is 2.28. The summed E-state index contributed by atoms with van der Waals surface area (Å²) >= 11 is 10.5. The van der Waals surface area contributed by atoms with Gasteiger partial charge in [0, 0.05) is 14.3 Å². The molecule has 0 saturated heterocycles. The minimum absolute atomic E-state index is 0.539. The highest BCUT2D eigenvalue weighted by Gasteiger charge is 2.07. The van der Waals surface area contributed by atoms with Crippen LogP contribution in [0.4, 0.5) is 0 Å². The van der Waals surface area contributed by atoms with Crippen LogP contribution in [0, 0.1) is 0 Å². The summed E-state index contributed by atoms with van der Waals surface area (Å²) in [5.41, 5.74) is 1.33. The van der Waals surface area contributed by atoms with Crippen LogP contribution in [0.15, 0.2) is 27.1 Å². The Morgan fingerprint density at radius 1 is 1.33 bits per heavy atom. The molecule has 1 rings (SSSR count). The van der Waals surface area contributed by atoms with Crippen LogP contribution in [0.25, 0.3) is 0 Å². The Kier molecular flexibility index (Phi) is 4.27. The lowest BCUT2D eigenvalue weighted by atomic mass is 10.0. The van der Waals surface area contributed by atoms with E-state index >= 15 is 0 Å². The maximum absolute atomic E-state index is 3.53. The topological polar surface area (TPSA) is 0 Å². The van der Waals surface area contributed by atoms with Crippen molar-refractivity contribution in [3.63, 3.8) is 0 Å². The molecule has 0 fully saturated rings. The molecule has 0 bridgehead atoms. The van der Waals surface area contributed by atoms with Crippen LogP contribution in [-0.2, 0) is 0 Å². The van der Waals surface area contributed by atoms with Gasteiger partial charge in [-0.15, -0.1) is 0 Å². The van der Waals surface area contributed by atoms with Gasteiger partial charge in [-0.2, -0.15) is 0 Å². The minimum Gasteiger partial charge on any atom is -0.0922 e. The molecule has 0 aromatic heterocycles. The SMILES string of the molecule is CC(CBr)c1cc(Br)ccc1Br. The molecule has 12 heavy (non-hydrogen) atoms. The molecular formula is C9H9Br3. The van der Waals surface area contributed by atoms with Gasteiger partial charge in [-0.1, -0.05) is 54.7 Å². The normalized spacial score (nSPS) is 13.0. The molecule has 66 valence electrons. The number of halogens is 3. The lowest BCUT2D eigenvalue weighted by Crippen LogP contribution is -1.95. The lowest BCUT2D eigenvalue weighted by molar-refractivity contribution is 0.880. The number of hydrogen-bond acceptors (Lipinski definition) is 0. The van der Waals surface area contributed by atoms with Crippen LogP contribution in [-0.4, -0.2) is 5.33 Å². The van der Waals surface area contributed by atoms with E-state index in [1.54, 1.807) is 0 Å². The molecule has 0 radical (unpaired) electrons. The van der Waals surface area contributed by atoms with E-state index in [1.807, 2.05) is 6.07 Å². The average molecular weight is 357 g/mol. The number of hydrogen-bond donors (Lipinski definition) is 0. The first-order chi connectivity index (χ1) is 5.65. The summed E-state index contributed by atoms with van der Waals surface area (Å²) in [5.74, 6) is 0.539. The van der Waals surface area contributed by atoms with Crippen molar-refractivity contribution in [1.29, 1.82) is 0 Å². The Bertz CT molecular complexity index is 270. The number of rotatable bonds is 2. The van der Waals surface area contributed by atoms with Crippen LogP contribution >= 0.6 is 47.8 Å². The quantitative estimate of drug-likeness (QED) is 0.673. The highest BCUT2D eigenvalue weighted by atomic mass is 79.9. The van der Waals surface area contributed by atoms with Crippen molar-refractivity contribution in [3.8, 4) is 0 Å². The zero-order chi connectivity index (χ0) is 9.14. The summed E-state index contributed by atoms with van der Waals surface area (Å²) in [6.07, 6.45) is 0. The number of benzene rings is 1. The average Bonchev–Trinajstić information content (AvgIpc) is 2.08. The van der Waals surface area contributed by atoms with Gasteiger partial charge in [0.2, 0.25) is 0 Å². The van der Waals surface area contributed by atoms with Gasteiger partial charge in [0.05, 0.1) is 0 Å². The summed E-state index contributed by atoms with van der Waals surface area (Å²) in [4.78, 5) is 0. The molecule has 1 aromatic carbocycles. The van der Waals surface area contributed by atoms with Crippen LogP contribution in [0.5, 0.6) is 0 Å². The van der Waals surface area contributed by atoms with Gasteiger partial charge in [0.1, 0.15) is 0 Å². The lowest BCUT2D eigenvalue weighted by Gasteiger charge is -2.10. The standard InChI is InChI=1S/C9H9Br3/c1-6(5-10)8-4-7(11)2-3-9(8)12/h2-4,6H,5H2,1H3. The molecule has 0 aliphatic carbocycles. The number of alkyl halides is 1. The summed E-state index contributed by atoms with van der Waals surface area (Å²) in [5, 5.41) is 0.988. The molecular weight excluding hydrogens is 348 g/mol. The molecule has 0 amide bonds. The smallest absolute Gasteiger partial charge is 0.0211 e. The van der Waals surface area contributed by atoms with Crippen molar-refractivity contribution >= 4 is 47.8 Å². The molecule has 0 N–H and O–H groups in total. The van der Waals surface area contributed by atoms with Crippen LogP contribution in [0.1, 0.15) is 18.4 Å². The first kappa shape index (κ1) is 10.7. The van der Waals surface area contributed by atoms with E-state index in [4.69, 9.17) is 0 Å². The third-order valence-corrected chi connectivity index (χ3v) is 3.91. The highest BCUT2D eigenvalue weighted by molar-refractivity contribution is 9.11. The monoisotopic (exact) mass is 354 g/mol. The van der Waals surface area contributed by atoms with E-state index < -0.39 is 0 Å². The van der Waals surface area contributed by atoms with Gasteiger partial charge in [-0.3, -0.25) is 0 Å². The zero-order valence-electron chi connectivity index (χ0n) is 6.65. The molecule has 0 nitrogen and oxygen atoms in total. The van der Waals surface area contributed by atoms with Gasteiger partial charge in [-0.05, 0) is 29.7 Å². The molecule has 1 atom stereocenters. The molecule has 1 aromatic rings. The fourth-order valence-electron chi connectivity index (χ4n) is 0.975. The third kappa shape index (κ3) is 2.57. The van der Waals surface area contributed by atoms with E-state index in [1.165, 1.54) is 10.0 Å². The predicted octanol–water partition coefficient (Wildman–Crippen LogP) is 4.71. The zero-order valence-corrected chi connectivity index (χ0v) is 11.4. The van der Waals surface area contributed by atoms with E-state index in [-0.39, 0.29) is 0 Å². The second-order valence-corrected chi connectivity index (χ2v) is 5.14. The molecule has 0 aliphatic heterocycles. The largest absolute Gasteiger partial charge is 0.0922 e. The molecule has 1 unspecified atom stereocenters. The van der Waals surface area contributed by atoms with Crippen LogP contribution in [0.3, 0.4) is 0 Å². The summed E-state index contributed by atoms with van der Waals surface area (Å²) in [6, 6.07) is 6.25. The Hall–Kier alpha value is 0.660. The molecule has 0 saturated carbocycles. The van der Waals surface area contributed by atoms with E-state index in [2.05, 4.69) is 66.8 Å². The molecule has 0 heterocycles. The van der Waals surface area contributed by atoms with Gasteiger partial charge >= 0.3 is 0 Å². The Morgan fingerprint density at radius 2 is 2.00 bits per heavy atom. The van der Waals surface area contributed by atoms with E-state index in [0.717, 1.165) is 9.80 Å². The van der Waals surface area contributed by atoms with Crippen molar-refractivity contribution in [2.24, 2.45) is 0 Å². The van der Waals surface area contributed by atoms with Gasteiger partial charge in [0.25, 0.3) is 0 Å². The second kappa shape index (κ2) is 4.77.